The molecule has 6 nitrogen and oxygen atoms in total. The molecule has 2 aromatic carbocycles. The smallest absolute Gasteiger partial charge is 0.248 e. The molecule has 2 amide bonds. The average Bonchev–Trinajstić information content (AvgIpc) is 3.10. The van der Waals surface area contributed by atoms with Crippen LogP contribution in [0.3, 0.4) is 0 Å². The van der Waals surface area contributed by atoms with E-state index in [1.165, 1.54) is 12.1 Å². The van der Waals surface area contributed by atoms with Gasteiger partial charge in [0, 0.05) is 29.1 Å². The van der Waals surface area contributed by atoms with Crippen LogP contribution in [-0.2, 0) is 4.79 Å². The molecule has 1 aromatic heterocycles. The maximum atomic E-state index is 12.0. The highest BCUT2D eigenvalue weighted by Gasteiger charge is 2.03. The fraction of sp³-hybridized carbons (Fsp3) is 0. The first-order chi connectivity index (χ1) is 12.1. The summed E-state index contributed by atoms with van der Waals surface area (Å²) in [5, 5.41) is 6.95. The predicted octanol–water partition coefficient (Wildman–Crippen LogP) is 2.62. The Labute approximate surface area is 144 Å². The Bertz CT molecular complexity index is 929. The second-order valence-corrected chi connectivity index (χ2v) is 5.32. The molecule has 0 spiro atoms. The number of carbonyl (C=O) groups excluding carboxylic acids is 2. The summed E-state index contributed by atoms with van der Waals surface area (Å²) in [5.74, 6) is -0.853. The first kappa shape index (κ1) is 16.2. The number of benzene rings is 2. The highest BCUT2D eigenvalue weighted by atomic mass is 16.1. The van der Waals surface area contributed by atoms with Crippen molar-refractivity contribution in [3.8, 4) is 5.69 Å². The van der Waals surface area contributed by atoms with E-state index in [4.69, 9.17) is 5.73 Å². The highest BCUT2D eigenvalue weighted by molar-refractivity contribution is 6.02. The van der Waals surface area contributed by atoms with Crippen LogP contribution >= 0.6 is 0 Å². The average molecular weight is 332 g/mol. The number of nitrogens with two attached hydrogens (primary N) is 1. The first-order valence-electron chi connectivity index (χ1n) is 7.61. The summed E-state index contributed by atoms with van der Waals surface area (Å²) >= 11 is 0. The number of hydrogen-bond donors (Lipinski definition) is 2. The standard InChI is InChI=1S/C19H16N4O2/c20-19(25)15-5-4-6-16(11-15)22-18(24)10-9-14-12-21-23(13-14)17-7-2-1-3-8-17/h1-13H,(H2,20,25)(H,22,24). The van der Waals surface area contributed by atoms with Crippen LogP contribution in [0.5, 0.6) is 0 Å². The summed E-state index contributed by atoms with van der Waals surface area (Å²) in [4.78, 5) is 23.2. The quantitative estimate of drug-likeness (QED) is 0.704. The molecule has 0 aliphatic heterocycles. The maximum absolute atomic E-state index is 12.0. The van der Waals surface area contributed by atoms with E-state index >= 15 is 0 Å². The Morgan fingerprint density at radius 2 is 1.88 bits per heavy atom. The number of nitrogens with one attached hydrogen (secondary N) is 1. The maximum Gasteiger partial charge on any atom is 0.248 e. The molecule has 3 aromatic rings. The molecule has 0 saturated heterocycles. The number of amides is 2. The molecule has 0 aliphatic rings. The fourth-order valence-electron chi connectivity index (χ4n) is 2.25. The lowest BCUT2D eigenvalue weighted by Gasteiger charge is -2.03. The van der Waals surface area contributed by atoms with Crippen molar-refractivity contribution in [1.29, 1.82) is 0 Å². The largest absolute Gasteiger partial charge is 0.366 e. The minimum absolute atomic E-state index is 0.311. The SMILES string of the molecule is NC(=O)c1cccc(NC(=O)C=Cc2cnn(-c3ccccc3)c2)c1. The number of aromatic nitrogens is 2. The van der Waals surface area contributed by atoms with Crippen LogP contribution in [0.25, 0.3) is 11.8 Å². The van der Waals surface area contributed by atoms with Crippen LogP contribution in [0.1, 0.15) is 15.9 Å². The van der Waals surface area contributed by atoms with Gasteiger partial charge in [-0.15, -0.1) is 0 Å². The van der Waals surface area contributed by atoms with E-state index in [0.717, 1.165) is 11.3 Å². The molecule has 0 aliphatic carbocycles. The summed E-state index contributed by atoms with van der Waals surface area (Å²) in [6, 6.07) is 16.1. The summed E-state index contributed by atoms with van der Waals surface area (Å²) in [6.07, 6.45) is 6.57. The van der Waals surface area contributed by atoms with E-state index in [1.807, 2.05) is 36.5 Å². The third-order valence-electron chi connectivity index (χ3n) is 3.47. The van der Waals surface area contributed by atoms with Gasteiger partial charge in [-0.1, -0.05) is 24.3 Å². The fourth-order valence-corrected chi connectivity index (χ4v) is 2.25. The third kappa shape index (κ3) is 4.20. The van der Waals surface area contributed by atoms with Gasteiger partial charge in [0.2, 0.25) is 11.8 Å². The van der Waals surface area contributed by atoms with Crippen LogP contribution in [0.2, 0.25) is 0 Å². The monoisotopic (exact) mass is 332 g/mol. The zero-order chi connectivity index (χ0) is 17.6. The molecular formula is C19H16N4O2. The predicted molar refractivity (Wildman–Crippen MR) is 96.2 cm³/mol. The number of hydrogen-bond acceptors (Lipinski definition) is 3. The number of nitrogens with zero attached hydrogens (tertiary/aromatic N) is 2. The van der Waals surface area contributed by atoms with Crippen LogP contribution in [0.15, 0.2) is 73.1 Å². The minimum Gasteiger partial charge on any atom is -0.366 e. The lowest BCUT2D eigenvalue weighted by molar-refractivity contribution is -0.111. The van der Waals surface area contributed by atoms with Gasteiger partial charge < -0.3 is 11.1 Å². The van der Waals surface area contributed by atoms with E-state index < -0.39 is 5.91 Å². The molecule has 0 unspecified atom stereocenters. The van der Waals surface area contributed by atoms with Crippen molar-refractivity contribution >= 4 is 23.6 Å². The molecule has 3 N–H and O–H groups in total. The zero-order valence-electron chi connectivity index (χ0n) is 13.3. The second-order valence-electron chi connectivity index (χ2n) is 5.32. The van der Waals surface area contributed by atoms with Crippen molar-refractivity contribution in [2.75, 3.05) is 5.32 Å². The molecule has 0 saturated carbocycles. The van der Waals surface area contributed by atoms with E-state index in [2.05, 4.69) is 10.4 Å². The minimum atomic E-state index is -0.542. The third-order valence-corrected chi connectivity index (χ3v) is 3.47. The zero-order valence-corrected chi connectivity index (χ0v) is 13.3. The molecule has 6 heteroatoms. The number of carbonyl (C=O) groups is 2. The summed E-state index contributed by atoms with van der Waals surface area (Å²) < 4.78 is 1.73. The van der Waals surface area contributed by atoms with Gasteiger partial charge in [-0.25, -0.2) is 4.68 Å². The Hall–Kier alpha value is -3.67. The highest BCUT2D eigenvalue weighted by Crippen LogP contribution is 2.11. The molecule has 1 heterocycles. The summed E-state index contributed by atoms with van der Waals surface area (Å²) in [5.41, 5.74) is 7.80. The molecule has 0 bridgehead atoms. The molecule has 124 valence electrons. The Kier molecular flexibility index (Phi) is 4.71. The van der Waals surface area contributed by atoms with Gasteiger partial charge in [-0.05, 0) is 36.4 Å². The van der Waals surface area contributed by atoms with Gasteiger partial charge in [-0.3, -0.25) is 9.59 Å². The van der Waals surface area contributed by atoms with Crippen LogP contribution < -0.4 is 11.1 Å². The Balaban J connectivity index is 1.66. The first-order valence-corrected chi connectivity index (χ1v) is 7.61. The van der Waals surface area contributed by atoms with Crippen molar-refractivity contribution in [1.82, 2.24) is 9.78 Å². The van der Waals surface area contributed by atoms with Gasteiger partial charge in [0.1, 0.15) is 0 Å². The Morgan fingerprint density at radius 1 is 1.08 bits per heavy atom. The van der Waals surface area contributed by atoms with E-state index in [9.17, 15) is 9.59 Å². The second kappa shape index (κ2) is 7.27. The molecule has 3 rings (SSSR count). The van der Waals surface area contributed by atoms with Gasteiger partial charge in [-0.2, -0.15) is 5.10 Å². The molecular weight excluding hydrogens is 316 g/mol. The van der Waals surface area contributed by atoms with Gasteiger partial charge >= 0.3 is 0 Å². The van der Waals surface area contributed by atoms with Crippen LogP contribution in [0, 0.1) is 0 Å². The van der Waals surface area contributed by atoms with Crippen LogP contribution in [-0.4, -0.2) is 21.6 Å². The van der Waals surface area contributed by atoms with Gasteiger partial charge in [0.05, 0.1) is 11.9 Å². The van der Waals surface area contributed by atoms with E-state index in [1.54, 1.807) is 35.2 Å². The van der Waals surface area contributed by atoms with E-state index in [-0.39, 0.29) is 5.91 Å². The van der Waals surface area contributed by atoms with Crippen molar-refractivity contribution in [3.05, 3.63) is 84.2 Å². The number of anilines is 1. The summed E-state index contributed by atoms with van der Waals surface area (Å²) in [6.45, 7) is 0. The summed E-state index contributed by atoms with van der Waals surface area (Å²) in [7, 11) is 0. The van der Waals surface area contributed by atoms with Crippen molar-refractivity contribution < 1.29 is 9.59 Å². The topological polar surface area (TPSA) is 90.0 Å². The molecule has 25 heavy (non-hydrogen) atoms. The number of para-hydroxylation sites is 1. The van der Waals surface area contributed by atoms with Gasteiger partial charge in [0.25, 0.3) is 0 Å². The van der Waals surface area contributed by atoms with E-state index in [0.29, 0.717) is 11.3 Å². The Morgan fingerprint density at radius 3 is 2.64 bits per heavy atom. The van der Waals surface area contributed by atoms with Gasteiger partial charge in [0.15, 0.2) is 0 Å². The van der Waals surface area contributed by atoms with Crippen molar-refractivity contribution in [3.63, 3.8) is 0 Å². The number of rotatable bonds is 5. The van der Waals surface area contributed by atoms with Crippen molar-refractivity contribution in [2.24, 2.45) is 5.73 Å². The normalized spacial score (nSPS) is 10.7. The van der Waals surface area contributed by atoms with Crippen molar-refractivity contribution in [2.45, 2.75) is 0 Å². The lowest BCUT2D eigenvalue weighted by atomic mass is 10.2. The number of primary amides is 1. The molecule has 0 atom stereocenters. The lowest BCUT2D eigenvalue weighted by Crippen LogP contribution is -2.12. The van der Waals surface area contributed by atoms with Crippen LogP contribution in [0.4, 0.5) is 5.69 Å². The molecule has 0 fully saturated rings. The molecule has 0 radical (unpaired) electrons.